The topological polar surface area (TPSA) is 49.4 Å². The first kappa shape index (κ1) is 22.3. The van der Waals surface area contributed by atoms with E-state index in [0.29, 0.717) is 29.6 Å². The van der Waals surface area contributed by atoms with Crippen molar-refractivity contribution in [2.75, 3.05) is 12.3 Å². The second-order valence-corrected chi connectivity index (χ2v) is 8.06. The molecule has 0 heterocycles. The lowest BCUT2D eigenvalue weighted by atomic mass is 10.1. The Morgan fingerprint density at radius 2 is 1.93 bits per heavy atom. The van der Waals surface area contributed by atoms with E-state index in [9.17, 15) is 9.59 Å². The van der Waals surface area contributed by atoms with Crippen LogP contribution in [0.3, 0.4) is 0 Å². The molecule has 2 amide bonds. The normalized spacial score (nSPS) is 11.7. The third-order valence-electron chi connectivity index (χ3n) is 4.39. The van der Waals surface area contributed by atoms with E-state index in [-0.39, 0.29) is 11.8 Å². The number of benzene rings is 2. The molecule has 150 valence electrons. The first-order valence-corrected chi connectivity index (χ1v) is 10.9. The molecule has 0 radical (unpaired) electrons. The maximum atomic E-state index is 12.9. The molecule has 0 aliphatic rings. The van der Waals surface area contributed by atoms with Crippen LogP contribution in [-0.2, 0) is 21.9 Å². The summed E-state index contributed by atoms with van der Waals surface area (Å²) in [5.41, 5.74) is 3.15. The molecular weight excluding hydrogens is 392 g/mol. The predicted molar refractivity (Wildman–Crippen MR) is 117 cm³/mol. The van der Waals surface area contributed by atoms with E-state index in [1.807, 2.05) is 62.4 Å². The zero-order valence-electron chi connectivity index (χ0n) is 16.6. The van der Waals surface area contributed by atoms with Gasteiger partial charge < -0.3 is 10.2 Å². The summed E-state index contributed by atoms with van der Waals surface area (Å²) in [4.78, 5) is 27.0. The maximum Gasteiger partial charge on any atom is 0.242 e. The second-order valence-electron chi connectivity index (χ2n) is 6.67. The van der Waals surface area contributed by atoms with Crippen LogP contribution in [-0.4, -0.2) is 35.1 Å². The first-order valence-electron chi connectivity index (χ1n) is 9.36. The first-order chi connectivity index (χ1) is 13.4. The summed E-state index contributed by atoms with van der Waals surface area (Å²) in [6.07, 6.45) is 0. The van der Waals surface area contributed by atoms with Crippen LogP contribution >= 0.6 is 23.4 Å². The van der Waals surface area contributed by atoms with Gasteiger partial charge in [-0.1, -0.05) is 59.6 Å². The average molecular weight is 419 g/mol. The van der Waals surface area contributed by atoms with E-state index >= 15 is 0 Å². The Kier molecular flexibility index (Phi) is 8.87. The van der Waals surface area contributed by atoms with Gasteiger partial charge in [0.15, 0.2) is 0 Å². The molecule has 1 atom stereocenters. The zero-order chi connectivity index (χ0) is 20.5. The minimum atomic E-state index is -0.533. The highest BCUT2D eigenvalue weighted by atomic mass is 35.5. The van der Waals surface area contributed by atoms with Gasteiger partial charge in [-0.3, -0.25) is 9.59 Å². The number of carbonyl (C=O) groups is 2. The molecular formula is C22H27ClN2O2S. The minimum Gasteiger partial charge on any atom is -0.355 e. The summed E-state index contributed by atoms with van der Waals surface area (Å²) in [5.74, 6) is 0.747. The smallest absolute Gasteiger partial charge is 0.242 e. The Hall–Kier alpha value is -1.98. The number of rotatable bonds is 9. The Bertz CT molecular complexity index is 813. The van der Waals surface area contributed by atoms with Crippen LogP contribution in [0.2, 0.25) is 5.02 Å². The molecule has 0 fully saturated rings. The quantitative estimate of drug-likeness (QED) is 0.655. The van der Waals surface area contributed by atoms with Gasteiger partial charge in [0.05, 0.1) is 5.75 Å². The van der Waals surface area contributed by atoms with E-state index in [2.05, 4.69) is 5.32 Å². The molecule has 1 N–H and O–H groups in total. The fourth-order valence-electron chi connectivity index (χ4n) is 2.86. The monoisotopic (exact) mass is 418 g/mol. The second kappa shape index (κ2) is 11.1. The summed E-state index contributed by atoms with van der Waals surface area (Å²) in [6.45, 7) is 6.61. The molecule has 0 saturated carbocycles. The fourth-order valence-corrected chi connectivity index (χ4v) is 4.05. The number of thioether (sulfide) groups is 1. The standard InChI is InChI=1S/C22H27ClN2O2S/c1-4-24-22(27)17(3)25(13-18-9-7-8-16(2)12-18)21(26)15-28-14-19-10-5-6-11-20(19)23/h5-12,17H,4,13-15H2,1-3H3,(H,24,27)/t17-/m1/s1. The predicted octanol–water partition coefficient (Wildman–Crippen LogP) is 4.44. The van der Waals surface area contributed by atoms with Crippen LogP contribution in [0.15, 0.2) is 48.5 Å². The zero-order valence-corrected chi connectivity index (χ0v) is 18.1. The molecule has 2 aromatic rings. The molecule has 0 aromatic heterocycles. The van der Waals surface area contributed by atoms with E-state index in [4.69, 9.17) is 11.6 Å². The SMILES string of the molecule is CCNC(=O)[C@@H](C)N(Cc1cccc(C)c1)C(=O)CSCc1ccccc1Cl. The molecule has 2 aromatic carbocycles. The van der Waals surface area contributed by atoms with E-state index in [1.54, 1.807) is 11.8 Å². The molecule has 0 saturated heterocycles. The van der Waals surface area contributed by atoms with Crippen LogP contribution in [0.25, 0.3) is 0 Å². The molecule has 0 aliphatic carbocycles. The van der Waals surface area contributed by atoms with Crippen LogP contribution in [0.5, 0.6) is 0 Å². The van der Waals surface area contributed by atoms with Crippen molar-refractivity contribution in [3.05, 3.63) is 70.2 Å². The highest BCUT2D eigenvalue weighted by Gasteiger charge is 2.25. The number of carbonyl (C=O) groups excluding carboxylic acids is 2. The molecule has 6 heteroatoms. The number of hydrogen-bond acceptors (Lipinski definition) is 3. The van der Waals surface area contributed by atoms with Gasteiger partial charge >= 0.3 is 0 Å². The van der Waals surface area contributed by atoms with Crippen LogP contribution in [0.4, 0.5) is 0 Å². The van der Waals surface area contributed by atoms with Crippen LogP contribution in [0.1, 0.15) is 30.5 Å². The largest absolute Gasteiger partial charge is 0.355 e. The molecule has 0 aliphatic heterocycles. The van der Waals surface area contributed by atoms with Gasteiger partial charge in [0.1, 0.15) is 6.04 Å². The molecule has 0 spiro atoms. The van der Waals surface area contributed by atoms with Crippen molar-refractivity contribution in [3.63, 3.8) is 0 Å². The van der Waals surface area contributed by atoms with Crippen molar-refractivity contribution in [2.45, 2.75) is 39.1 Å². The van der Waals surface area contributed by atoms with Gasteiger partial charge in [-0.05, 0) is 38.0 Å². The Labute approximate surface area is 176 Å². The molecule has 4 nitrogen and oxygen atoms in total. The third-order valence-corrected chi connectivity index (χ3v) is 5.73. The summed E-state index contributed by atoms with van der Waals surface area (Å²) < 4.78 is 0. The molecule has 2 rings (SSSR count). The number of likely N-dealkylation sites (N-methyl/N-ethyl adjacent to an activating group) is 1. The third kappa shape index (κ3) is 6.57. The number of hydrogen-bond donors (Lipinski definition) is 1. The van der Waals surface area contributed by atoms with Gasteiger partial charge in [0, 0.05) is 23.9 Å². The van der Waals surface area contributed by atoms with E-state index < -0.39 is 6.04 Å². The molecule has 28 heavy (non-hydrogen) atoms. The number of aryl methyl sites for hydroxylation is 1. The summed E-state index contributed by atoms with van der Waals surface area (Å²) in [7, 11) is 0. The summed E-state index contributed by atoms with van der Waals surface area (Å²) in [6, 6.07) is 15.1. The number of nitrogens with zero attached hydrogens (tertiary/aromatic N) is 1. The number of amides is 2. The fraction of sp³-hybridized carbons (Fsp3) is 0.364. The lowest BCUT2D eigenvalue weighted by molar-refractivity contribution is -0.138. The van der Waals surface area contributed by atoms with Gasteiger partial charge in [0.25, 0.3) is 0 Å². The van der Waals surface area contributed by atoms with E-state index in [0.717, 1.165) is 16.7 Å². The van der Waals surface area contributed by atoms with Crippen LogP contribution in [0, 0.1) is 6.92 Å². The van der Waals surface area contributed by atoms with Crippen molar-refractivity contribution in [1.82, 2.24) is 10.2 Å². The Morgan fingerprint density at radius 1 is 1.18 bits per heavy atom. The number of nitrogens with one attached hydrogen (secondary N) is 1. The average Bonchev–Trinajstić information content (AvgIpc) is 2.67. The van der Waals surface area contributed by atoms with Crippen molar-refractivity contribution in [2.24, 2.45) is 0 Å². The molecule has 0 unspecified atom stereocenters. The number of halogens is 1. The van der Waals surface area contributed by atoms with Gasteiger partial charge in [-0.2, -0.15) is 0 Å². The maximum absolute atomic E-state index is 12.9. The van der Waals surface area contributed by atoms with Crippen molar-refractivity contribution in [1.29, 1.82) is 0 Å². The van der Waals surface area contributed by atoms with Crippen LogP contribution < -0.4 is 5.32 Å². The summed E-state index contributed by atoms with van der Waals surface area (Å²) >= 11 is 7.70. The Morgan fingerprint density at radius 3 is 2.61 bits per heavy atom. The lowest BCUT2D eigenvalue weighted by Gasteiger charge is -2.28. The lowest BCUT2D eigenvalue weighted by Crippen LogP contribution is -2.48. The van der Waals surface area contributed by atoms with Gasteiger partial charge in [-0.25, -0.2) is 0 Å². The highest BCUT2D eigenvalue weighted by Crippen LogP contribution is 2.21. The summed E-state index contributed by atoms with van der Waals surface area (Å²) in [5, 5.41) is 3.51. The highest BCUT2D eigenvalue weighted by molar-refractivity contribution is 7.99. The van der Waals surface area contributed by atoms with Crippen molar-refractivity contribution in [3.8, 4) is 0 Å². The van der Waals surface area contributed by atoms with Gasteiger partial charge in [0.2, 0.25) is 11.8 Å². The minimum absolute atomic E-state index is 0.0580. The molecule has 0 bridgehead atoms. The van der Waals surface area contributed by atoms with Gasteiger partial charge in [-0.15, -0.1) is 11.8 Å². The Balaban J connectivity index is 2.07. The van der Waals surface area contributed by atoms with E-state index in [1.165, 1.54) is 11.8 Å². The van der Waals surface area contributed by atoms with Crippen molar-refractivity contribution >= 4 is 35.2 Å². The van der Waals surface area contributed by atoms with Crippen molar-refractivity contribution < 1.29 is 9.59 Å².